The van der Waals surface area contributed by atoms with Crippen LogP contribution < -0.4 is 0 Å². The van der Waals surface area contributed by atoms with Gasteiger partial charge >= 0.3 is 0 Å². The zero-order valence-electron chi connectivity index (χ0n) is 18.3. The molecule has 0 saturated carbocycles. The van der Waals surface area contributed by atoms with Gasteiger partial charge in [0.1, 0.15) is 5.69 Å². The lowest BCUT2D eigenvalue weighted by Gasteiger charge is -2.31. The van der Waals surface area contributed by atoms with Crippen LogP contribution in [0.25, 0.3) is 28.2 Å². The molecule has 5 rings (SSSR count). The molecule has 0 radical (unpaired) electrons. The molecule has 4 heterocycles. The minimum atomic E-state index is -1.17. The van der Waals surface area contributed by atoms with Crippen molar-refractivity contribution in [1.82, 2.24) is 15.1 Å². The van der Waals surface area contributed by atoms with Crippen LogP contribution in [0.3, 0.4) is 0 Å². The number of allylic oxidation sites excluding steroid dienone is 1. The summed E-state index contributed by atoms with van der Waals surface area (Å²) < 4.78 is 10.8. The summed E-state index contributed by atoms with van der Waals surface area (Å²) in [7, 11) is 0. The molecule has 8 nitrogen and oxygen atoms in total. The number of aromatic amines is 1. The van der Waals surface area contributed by atoms with Crippen molar-refractivity contribution in [3.63, 3.8) is 0 Å². The lowest BCUT2D eigenvalue weighted by atomic mass is 9.97. The zero-order valence-corrected chi connectivity index (χ0v) is 18.3. The van der Waals surface area contributed by atoms with Gasteiger partial charge in [0.15, 0.2) is 17.4 Å². The third-order valence-corrected chi connectivity index (χ3v) is 6.13. The Labute approximate surface area is 185 Å². The molecule has 0 amide bonds. The Balaban J connectivity index is 1.33. The van der Waals surface area contributed by atoms with E-state index in [1.807, 2.05) is 31.2 Å². The van der Waals surface area contributed by atoms with Crippen LogP contribution in [0.5, 0.6) is 0 Å². The number of ether oxygens (including phenoxy) is 1. The van der Waals surface area contributed by atoms with Crippen LogP contribution >= 0.6 is 0 Å². The molecule has 2 aromatic heterocycles. The second-order valence-electron chi connectivity index (χ2n) is 8.67. The number of aryl methyl sites for hydroxylation is 1. The summed E-state index contributed by atoms with van der Waals surface area (Å²) in [5.74, 6) is -0.170. The van der Waals surface area contributed by atoms with E-state index in [-0.39, 0.29) is 12.2 Å². The van der Waals surface area contributed by atoms with Crippen molar-refractivity contribution in [3.05, 3.63) is 41.2 Å². The molecule has 1 fully saturated rings. The predicted molar refractivity (Wildman–Crippen MR) is 120 cm³/mol. The molecule has 0 spiro atoms. The van der Waals surface area contributed by atoms with Gasteiger partial charge in [0.05, 0.1) is 18.0 Å². The van der Waals surface area contributed by atoms with Gasteiger partial charge in [-0.2, -0.15) is 4.98 Å². The van der Waals surface area contributed by atoms with Gasteiger partial charge in [0.2, 0.25) is 0 Å². The summed E-state index contributed by atoms with van der Waals surface area (Å²) in [6.45, 7) is 4.33. The van der Waals surface area contributed by atoms with Crippen molar-refractivity contribution in [2.75, 3.05) is 6.61 Å². The fraction of sp³-hybridized carbons (Fsp3) is 0.417. The summed E-state index contributed by atoms with van der Waals surface area (Å²) in [6.07, 6.45) is 3.54. The number of aromatic nitrogens is 3. The Morgan fingerprint density at radius 1 is 1.25 bits per heavy atom. The molecule has 1 atom stereocenters. The standard InChI is InChI=1S/C24H26N4O4/c1-14-11-19(21(29)7-9-24(30)8-3-4-10-31-24)27-22(14)16-5-6-18-17(12-16)13-20(26-18)23-25-15(2)28-32-23/h5-6,12-13,26,30H,3-4,7-11H2,1-2H3. The number of nitrogens with one attached hydrogen (secondary N) is 1. The summed E-state index contributed by atoms with van der Waals surface area (Å²) in [4.78, 5) is 25.0. The molecule has 166 valence electrons. The number of fused-ring (bicyclic) bond motifs is 1. The Bertz CT molecular complexity index is 1240. The van der Waals surface area contributed by atoms with Crippen molar-refractivity contribution in [2.45, 2.75) is 58.2 Å². The van der Waals surface area contributed by atoms with Crippen LogP contribution in [-0.2, 0) is 9.53 Å². The first-order valence-electron chi connectivity index (χ1n) is 11.0. The number of rotatable bonds is 6. The van der Waals surface area contributed by atoms with Gasteiger partial charge in [0, 0.05) is 42.1 Å². The number of aliphatic imine (C=N–C) groups is 1. The highest BCUT2D eigenvalue weighted by atomic mass is 16.6. The summed E-state index contributed by atoms with van der Waals surface area (Å²) in [6, 6.07) is 8.00. The first-order chi connectivity index (χ1) is 15.4. The maximum absolute atomic E-state index is 12.8. The molecule has 2 aliphatic rings. The zero-order chi connectivity index (χ0) is 22.3. The van der Waals surface area contributed by atoms with Crippen molar-refractivity contribution in [2.24, 2.45) is 4.99 Å². The van der Waals surface area contributed by atoms with E-state index in [4.69, 9.17) is 9.26 Å². The van der Waals surface area contributed by atoms with E-state index in [2.05, 4.69) is 20.1 Å². The second kappa shape index (κ2) is 8.11. The largest absolute Gasteiger partial charge is 0.365 e. The van der Waals surface area contributed by atoms with Gasteiger partial charge in [0.25, 0.3) is 5.89 Å². The van der Waals surface area contributed by atoms with Gasteiger partial charge in [-0.05, 0) is 50.5 Å². The molecule has 1 unspecified atom stereocenters. The third kappa shape index (κ3) is 4.03. The molecular weight excluding hydrogens is 408 g/mol. The Morgan fingerprint density at radius 2 is 2.12 bits per heavy atom. The number of benzene rings is 1. The van der Waals surface area contributed by atoms with Crippen LogP contribution in [0.2, 0.25) is 0 Å². The highest BCUT2D eigenvalue weighted by Gasteiger charge is 2.32. The van der Waals surface area contributed by atoms with E-state index in [1.54, 1.807) is 6.92 Å². The Kier molecular flexibility index (Phi) is 5.27. The van der Waals surface area contributed by atoms with Crippen LogP contribution in [-0.4, -0.2) is 44.1 Å². The van der Waals surface area contributed by atoms with Crippen molar-refractivity contribution in [1.29, 1.82) is 0 Å². The second-order valence-corrected chi connectivity index (χ2v) is 8.67. The quantitative estimate of drug-likeness (QED) is 0.597. The predicted octanol–water partition coefficient (Wildman–Crippen LogP) is 4.34. The van der Waals surface area contributed by atoms with Gasteiger partial charge in [-0.1, -0.05) is 11.2 Å². The Morgan fingerprint density at radius 3 is 2.88 bits per heavy atom. The van der Waals surface area contributed by atoms with Crippen molar-refractivity contribution >= 4 is 28.1 Å². The molecule has 32 heavy (non-hydrogen) atoms. The van der Waals surface area contributed by atoms with E-state index < -0.39 is 5.79 Å². The number of nitrogens with zero attached hydrogens (tertiary/aromatic N) is 3. The van der Waals surface area contributed by atoms with Crippen molar-refractivity contribution in [3.8, 4) is 11.6 Å². The van der Waals surface area contributed by atoms with Gasteiger partial charge in [-0.25, -0.2) is 4.99 Å². The van der Waals surface area contributed by atoms with Crippen molar-refractivity contribution < 1.29 is 19.2 Å². The monoisotopic (exact) mass is 434 g/mol. The SMILES string of the molecule is CC1=C(c2ccc3[nH]c(-c4nc(C)no4)cc3c2)N=C(C(=O)CCC2(O)CCCCO2)C1. The van der Waals surface area contributed by atoms with Gasteiger partial charge in [-0.15, -0.1) is 0 Å². The summed E-state index contributed by atoms with van der Waals surface area (Å²) >= 11 is 0. The fourth-order valence-corrected chi connectivity index (χ4v) is 4.37. The number of Topliss-reactive ketones (excluding diaryl/α,β-unsaturated/α-hetero) is 1. The topological polar surface area (TPSA) is 114 Å². The molecule has 2 N–H and O–H groups in total. The third-order valence-electron chi connectivity index (χ3n) is 6.13. The number of aliphatic hydroxyl groups is 1. The van der Waals surface area contributed by atoms with E-state index in [1.165, 1.54) is 0 Å². The molecule has 2 aliphatic heterocycles. The molecule has 0 bridgehead atoms. The van der Waals surface area contributed by atoms with Crippen LogP contribution in [0.1, 0.15) is 56.8 Å². The number of H-pyrrole nitrogens is 1. The van der Waals surface area contributed by atoms with Gasteiger partial charge in [-0.3, -0.25) is 4.79 Å². The lowest BCUT2D eigenvalue weighted by Crippen LogP contribution is -2.36. The highest BCUT2D eigenvalue weighted by molar-refractivity contribution is 6.42. The molecule has 1 saturated heterocycles. The number of hydrogen-bond acceptors (Lipinski definition) is 7. The van der Waals surface area contributed by atoms with Crippen LogP contribution in [0, 0.1) is 6.92 Å². The van der Waals surface area contributed by atoms with E-state index in [9.17, 15) is 9.90 Å². The van der Waals surface area contributed by atoms with Crippen LogP contribution in [0.4, 0.5) is 0 Å². The molecular formula is C24H26N4O4. The normalized spacial score (nSPS) is 21.4. The van der Waals surface area contributed by atoms with E-state index in [0.717, 1.165) is 46.3 Å². The van der Waals surface area contributed by atoms with E-state index in [0.29, 0.717) is 43.3 Å². The first-order valence-corrected chi connectivity index (χ1v) is 11.0. The maximum Gasteiger partial charge on any atom is 0.274 e. The number of hydrogen-bond donors (Lipinski definition) is 2. The smallest absolute Gasteiger partial charge is 0.274 e. The minimum absolute atomic E-state index is 0.0290. The summed E-state index contributed by atoms with van der Waals surface area (Å²) in [5, 5.41) is 15.3. The maximum atomic E-state index is 12.8. The average Bonchev–Trinajstić information content (AvgIpc) is 3.50. The lowest BCUT2D eigenvalue weighted by molar-refractivity contribution is -0.228. The average molecular weight is 434 g/mol. The van der Waals surface area contributed by atoms with Crippen LogP contribution in [0.15, 0.2) is 39.4 Å². The number of ketones is 1. The first kappa shape index (κ1) is 20.8. The molecule has 1 aromatic carbocycles. The summed E-state index contributed by atoms with van der Waals surface area (Å²) in [5.41, 5.74) is 5.12. The molecule has 8 heteroatoms. The number of carbonyl (C=O) groups excluding carboxylic acids is 1. The molecule has 3 aromatic rings. The highest BCUT2D eigenvalue weighted by Crippen LogP contribution is 2.33. The fourth-order valence-electron chi connectivity index (χ4n) is 4.37. The van der Waals surface area contributed by atoms with E-state index >= 15 is 0 Å². The Hall–Kier alpha value is -3.10. The van der Waals surface area contributed by atoms with Gasteiger partial charge < -0.3 is 19.4 Å². The minimum Gasteiger partial charge on any atom is -0.365 e. The number of carbonyl (C=O) groups is 1. The molecule has 0 aliphatic carbocycles.